The highest BCUT2D eigenvalue weighted by Crippen LogP contribution is 2.29. The highest BCUT2D eigenvalue weighted by Gasteiger charge is 2.13. The molecule has 5 heteroatoms. The lowest BCUT2D eigenvalue weighted by Gasteiger charge is -2.05. The Labute approximate surface area is 114 Å². The Bertz CT molecular complexity index is 519. The summed E-state index contributed by atoms with van der Waals surface area (Å²) < 4.78 is 3.04. The van der Waals surface area contributed by atoms with Gasteiger partial charge in [-0.3, -0.25) is 0 Å². The van der Waals surface area contributed by atoms with Gasteiger partial charge in [0.05, 0.1) is 5.69 Å². The summed E-state index contributed by atoms with van der Waals surface area (Å²) in [7, 11) is 1.96. The number of rotatable bonds is 3. The SMILES string of the molecule is Cn1c(CCN)nc(Cl)c1-c1ccc(Br)cc1. The van der Waals surface area contributed by atoms with Crippen molar-refractivity contribution in [3.05, 3.63) is 39.7 Å². The van der Waals surface area contributed by atoms with Gasteiger partial charge in [0.25, 0.3) is 0 Å². The fourth-order valence-corrected chi connectivity index (χ4v) is 2.38. The normalized spacial score (nSPS) is 10.8. The van der Waals surface area contributed by atoms with Gasteiger partial charge in [0.15, 0.2) is 5.15 Å². The first-order valence-electron chi connectivity index (χ1n) is 5.30. The standard InChI is InChI=1S/C12H13BrClN3/c1-17-10(6-7-15)16-12(14)11(17)8-2-4-9(13)5-3-8/h2-5H,6-7,15H2,1H3. The molecule has 0 spiro atoms. The Morgan fingerprint density at radius 2 is 2.00 bits per heavy atom. The summed E-state index contributed by atoms with van der Waals surface area (Å²) in [6.45, 7) is 0.570. The minimum absolute atomic E-state index is 0.526. The first-order valence-corrected chi connectivity index (χ1v) is 6.47. The van der Waals surface area contributed by atoms with Gasteiger partial charge in [-0.15, -0.1) is 0 Å². The monoisotopic (exact) mass is 313 g/mol. The fourth-order valence-electron chi connectivity index (χ4n) is 1.78. The van der Waals surface area contributed by atoms with E-state index < -0.39 is 0 Å². The van der Waals surface area contributed by atoms with Gasteiger partial charge in [-0.2, -0.15) is 0 Å². The number of imidazole rings is 1. The van der Waals surface area contributed by atoms with Gasteiger partial charge in [0.1, 0.15) is 5.82 Å². The van der Waals surface area contributed by atoms with E-state index in [0.717, 1.165) is 28.0 Å². The molecule has 1 aromatic heterocycles. The number of benzene rings is 1. The van der Waals surface area contributed by atoms with Crippen LogP contribution in [0.5, 0.6) is 0 Å². The number of nitrogens with zero attached hydrogens (tertiary/aromatic N) is 2. The van der Waals surface area contributed by atoms with Gasteiger partial charge >= 0.3 is 0 Å². The summed E-state index contributed by atoms with van der Waals surface area (Å²) in [5, 5.41) is 0.526. The zero-order chi connectivity index (χ0) is 12.4. The van der Waals surface area contributed by atoms with E-state index in [4.69, 9.17) is 17.3 Å². The Hall–Kier alpha value is -0.840. The largest absolute Gasteiger partial charge is 0.330 e. The van der Waals surface area contributed by atoms with Crippen LogP contribution in [0.1, 0.15) is 5.82 Å². The molecular weight excluding hydrogens is 302 g/mol. The molecule has 0 saturated carbocycles. The second-order valence-electron chi connectivity index (χ2n) is 3.77. The lowest BCUT2D eigenvalue weighted by atomic mass is 10.2. The number of halogens is 2. The minimum Gasteiger partial charge on any atom is -0.330 e. The molecule has 0 amide bonds. The van der Waals surface area contributed by atoms with Gasteiger partial charge in [0.2, 0.25) is 0 Å². The van der Waals surface area contributed by atoms with Crippen molar-refractivity contribution in [2.24, 2.45) is 12.8 Å². The molecule has 2 rings (SSSR count). The number of nitrogens with two attached hydrogens (primary N) is 1. The van der Waals surface area contributed by atoms with Gasteiger partial charge in [-0.25, -0.2) is 4.98 Å². The van der Waals surface area contributed by atoms with Crippen LogP contribution < -0.4 is 5.73 Å². The number of aromatic nitrogens is 2. The van der Waals surface area contributed by atoms with Crippen LogP contribution >= 0.6 is 27.5 Å². The zero-order valence-electron chi connectivity index (χ0n) is 9.45. The summed E-state index contributed by atoms with van der Waals surface area (Å²) in [6, 6.07) is 8.00. The summed E-state index contributed by atoms with van der Waals surface area (Å²) in [5.41, 5.74) is 7.53. The second-order valence-corrected chi connectivity index (χ2v) is 5.05. The molecular formula is C12H13BrClN3. The van der Waals surface area contributed by atoms with E-state index in [2.05, 4.69) is 20.9 Å². The van der Waals surface area contributed by atoms with E-state index in [1.165, 1.54) is 0 Å². The van der Waals surface area contributed by atoms with E-state index in [0.29, 0.717) is 11.7 Å². The Morgan fingerprint density at radius 3 is 2.59 bits per heavy atom. The molecule has 0 saturated heterocycles. The highest BCUT2D eigenvalue weighted by molar-refractivity contribution is 9.10. The average Bonchev–Trinajstić information content (AvgIpc) is 2.57. The van der Waals surface area contributed by atoms with Crippen LogP contribution in [-0.4, -0.2) is 16.1 Å². The molecule has 0 fully saturated rings. The predicted molar refractivity (Wildman–Crippen MR) is 74.1 cm³/mol. The molecule has 2 N–H and O–H groups in total. The Kier molecular flexibility index (Phi) is 3.86. The predicted octanol–water partition coefficient (Wildman–Crippen LogP) is 3.00. The van der Waals surface area contributed by atoms with E-state index in [1.54, 1.807) is 0 Å². The summed E-state index contributed by atoms with van der Waals surface area (Å²) in [5.74, 6) is 0.912. The molecule has 0 unspecified atom stereocenters. The molecule has 1 heterocycles. The van der Waals surface area contributed by atoms with E-state index in [9.17, 15) is 0 Å². The minimum atomic E-state index is 0.526. The Balaban J connectivity index is 2.48. The molecule has 0 radical (unpaired) electrons. The first-order chi connectivity index (χ1) is 8.13. The zero-order valence-corrected chi connectivity index (χ0v) is 11.8. The van der Waals surface area contributed by atoms with Crippen molar-refractivity contribution in [2.75, 3.05) is 6.54 Å². The van der Waals surface area contributed by atoms with Crippen LogP contribution in [0.4, 0.5) is 0 Å². The molecule has 1 aromatic carbocycles. The molecule has 0 aliphatic heterocycles. The summed E-state index contributed by atoms with van der Waals surface area (Å²) >= 11 is 9.59. The topological polar surface area (TPSA) is 43.8 Å². The second kappa shape index (κ2) is 5.21. The molecule has 0 aliphatic rings. The molecule has 90 valence electrons. The molecule has 2 aromatic rings. The van der Waals surface area contributed by atoms with Crippen LogP contribution in [0, 0.1) is 0 Å². The van der Waals surface area contributed by atoms with Crippen molar-refractivity contribution >= 4 is 27.5 Å². The lowest BCUT2D eigenvalue weighted by Crippen LogP contribution is -2.08. The summed E-state index contributed by atoms with van der Waals surface area (Å²) in [4.78, 5) is 4.34. The van der Waals surface area contributed by atoms with Gasteiger partial charge in [-0.05, 0) is 18.7 Å². The quantitative estimate of drug-likeness (QED) is 0.946. The van der Waals surface area contributed by atoms with Crippen LogP contribution in [0.3, 0.4) is 0 Å². The van der Waals surface area contributed by atoms with Crippen molar-refractivity contribution in [2.45, 2.75) is 6.42 Å². The third-order valence-corrected chi connectivity index (χ3v) is 3.42. The van der Waals surface area contributed by atoms with Crippen molar-refractivity contribution in [1.29, 1.82) is 0 Å². The molecule has 0 bridgehead atoms. The van der Waals surface area contributed by atoms with Crippen LogP contribution in [-0.2, 0) is 13.5 Å². The average molecular weight is 315 g/mol. The molecule has 3 nitrogen and oxygen atoms in total. The molecule has 0 aliphatic carbocycles. The number of hydrogen-bond acceptors (Lipinski definition) is 2. The first kappa shape index (κ1) is 12.6. The lowest BCUT2D eigenvalue weighted by molar-refractivity contribution is 0.782. The van der Waals surface area contributed by atoms with Crippen LogP contribution in [0.15, 0.2) is 28.7 Å². The van der Waals surface area contributed by atoms with Crippen LogP contribution in [0.25, 0.3) is 11.3 Å². The fraction of sp³-hybridized carbons (Fsp3) is 0.250. The molecule has 17 heavy (non-hydrogen) atoms. The molecule has 0 atom stereocenters. The summed E-state index contributed by atoms with van der Waals surface area (Å²) in [6.07, 6.45) is 0.729. The van der Waals surface area contributed by atoms with Crippen molar-refractivity contribution in [3.63, 3.8) is 0 Å². The van der Waals surface area contributed by atoms with Crippen molar-refractivity contribution in [3.8, 4) is 11.3 Å². The Morgan fingerprint density at radius 1 is 1.35 bits per heavy atom. The highest BCUT2D eigenvalue weighted by atomic mass is 79.9. The van der Waals surface area contributed by atoms with Gasteiger partial charge < -0.3 is 10.3 Å². The maximum absolute atomic E-state index is 6.18. The maximum Gasteiger partial charge on any atom is 0.155 e. The van der Waals surface area contributed by atoms with E-state index >= 15 is 0 Å². The smallest absolute Gasteiger partial charge is 0.155 e. The third-order valence-electron chi connectivity index (χ3n) is 2.63. The van der Waals surface area contributed by atoms with E-state index in [1.807, 2.05) is 35.9 Å². The maximum atomic E-state index is 6.18. The van der Waals surface area contributed by atoms with Crippen molar-refractivity contribution in [1.82, 2.24) is 9.55 Å². The van der Waals surface area contributed by atoms with Crippen molar-refractivity contribution < 1.29 is 0 Å². The van der Waals surface area contributed by atoms with Gasteiger partial charge in [0, 0.05) is 23.5 Å². The van der Waals surface area contributed by atoms with Gasteiger partial charge in [-0.1, -0.05) is 39.7 Å². The van der Waals surface area contributed by atoms with Crippen LogP contribution in [0.2, 0.25) is 5.15 Å². The van der Waals surface area contributed by atoms with E-state index in [-0.39, 0.29) is 0 Å². The number of hydrogen-bond donors (Lipinski definition) is 1. The third kappa shape index (κ3) is 2.54.